The van der Waals surface area contributed by atoms with Crippen LogP contribution in [0.3, 0.4) is 0 Å². The van der Waals surface area contributed by atoms with Crippen molar-refractivity contribution < 1.29 is 4.79 Å². The molecule has 7 heteroatoms. The van der Waals surface area contributed by atoms with Gasteiger partial charge in [-0.05, 0) is 6.92 Å². The number of nitrogens with one attached hydrogen (secondary N) is 1. The Morgan fingerprint density at radius 2 is 2.29 bits per heavy atom. The molecule has 3 N–H and O–H groups in total. The predicted octanol–water partition coefficient (Wildman–Crippen LogP) is -0.564. The molecule has 2 rings (SSSR count). The SMILES string of the molecule is CC1C(=O)NCCN1c1nccnc1C(N)=S. The quantitative estimate of drug-likeness (QED) is 0.685. The van der Waals surface area contributed by atoms with Crippen LogP contribution in [0.4, 0.5) is 5.82 Å². The van der Waals surface area contributed by atoms with Gasteiger partial charge in [-0.1, -0.05) is 12.2 Å². The molecule has 90 valence electrons. The second kappa shape index (κ2) is 4.62. The van der Waals surface area contributed by atoms with Crippen LogP contribution in [0.2, 0.25) is 0 Å². The minimum absolute atomic E-state index is 0.0317. The second-order valence-corrected chi connectivity index (χ2v) is 4.19. The van der Waals surface area contributed by atoms with Gasteiger partial charge in [-0.3, -0.25) is 4.79 Å². The molecule has 17 heavy (non-hydrogen) atoms. The molecule has 1 fully saturated rings. The molecular formula is C10H13N5OS. The third-order valence-electron chi connectivity index (χ3n) is 2.68. The number of carbonyl (C=O) groups excluding carboxylic acids is 1. The normalized spacial score (nSPS) is 19.9. The van der Waals surface area contributed by atoms with E-state index < -0.39 is 0 Å². The van der Waals surface area contributed by atoms with E-state index in [2.05, 4.69) is 15.3 Å². The standard InChI is InChI=1S/C10H13N5OS/c1-6-10(16)14-4-5-15(6)9-7(8(11)17)12-2-3-13-9/h2-3,6H,4-5H2,1H3,(H2,11,17)(H,14,16). The molecule has 0 aliphatic carbocycles. The van der Waals surface area contributed by atoms with Gasteiger partial charge < -0.3 is 16.0 Å². The minimum atomic E-state index is -0.298. The van der Waals surface area contributed by atoms with Gasteiger partial charge in [-0.15, -0.1) is 0 Å². The summed E-state index contributed by atoms with van der Waals surface area (Å²) >= 11 is 4.94. The molecule has 6 nitrogen and oxygen atoms in total. The Kier molecular flexibility index (Phi) is 3.19. The van der Waals surface area contributed by atoms with Gasteiger partial charge in [0, 0.05) is 25.5 Å². The van der Waals surface area contributed by atoms with Crippen LogP contribution in [0, 0.1) is 0 Å². The van der Waals surface area contributed by atoms with Crippen LogP contribution < -0.4 is 16.0 Å². The molecule has 2 heterocycles. The summed E-state index contributed by atoms with van der Waals surface area (Å²) in [5.41, 5.74) is 6.07. The second-order valence-electron chi connectivity index (χ2n) is 3.75. The Morgan fingerprint density at radius 1 is 1.59 bits per heavy atom. The lowest BCUT2D eigenvalue weighted by Crippen LogP contribution is -2.54. The number of amides is 1. The average Bonchev–Trinajstić information content (AvgIpc) is 2.33. The summed E-state index contributed by atoms with van der Waals surface area (Å²) in [5.74, 6) is 0.540. The average molecular weight is 251 g/mol. The Labute approximate surface area is 104 Å². The van der Waals surface area contributed by atoms with E-state index in [0.29, 0.717) is 24.6 Å². The molecule has 0 spiro atoms. The molecule has 0 saturated carbocycles. The molecule has 1 atom stereocenters. The molecule has 1 saturated heterocycles. The smallest absolute Gasteiger partial charge is 0.242 e. The third-order valence-corrected chi connectivity index (χ3v) is 2.88. The van der Waals surface area contributed by atoms with E-state index in [-0.39, 0.29) is 16.9 Å². The lowest BCUT2D eigenvalue weighted by atomic mass is 10.2. The zero-order chi connectivity index (χ0) is 12.4. The topological polar surface area (TPSA) is 84.1 Å². The van der Waals surface area contributed by atoms with E-state index in [9.17, 15) is 4.79 Å². The van der Waals surface area contributed by atoms with Crippen molar-refractivity contribution >= 4 is 28.9 Å². The van der Waals surface area contributed by atoms with Gasteiger partial charge >= 0.3 is 0 Å². The summed E-state index contributed by atoms with van der Waals surface area (Å²) in [7, 11) is 0. The number of nitrogens with two attached hydrogens (primary N) is 1. The molecule has 1 unspecified atom stereocenters. The van der Waals surface area contributed by atoms with Crippen LogP contribution in [0.5, 0.6) is 0 Å². The fourth-order valence-electron chi connectivity index (χ4n) is 1.79. The summed E-state index contributed by atoms with van der Waals surface area (Å²) in [6.45, 7) is 3.06. The van der Waals surface area contributed by atoms with Crippen molar-refractivity contribution in [2.75, 3.05) is 18.0 Å². The highest BCUT2D eigenvalue weighted by Crippen LogP contribution is 2.18. The summed E-state index contributed by atoms with van der Waals surface area (Å²) in [6.07, 6.45) is 3.10. The Bertz CT molecular complexity index is 464. The highest BCUT2D eigenvalue weighted by atomic mass is 32.1. The zero-order valence-electron chi connectivity index (χ0n) is 9.38. The predicted molar refractivity (Wildman–Crippen MR) is 67.7 cm³/mol. The summed E-state index contributed by atoms with van der Waals surface area (Å²) in [4.78, 5) is 22.0. The van der Waals surface area contributed by atoms with Crippen LogP contribution in [0.1, 0.15) is 12.6 Å². The minimum Gasteiger partial charge on any atom is -0.388 e. The van der Waals surface area contributed by atoms with Crippen LogP contribution in [0.25, 0.3) is 0 Å². The van der Waals surface area contributed by atoms with E-state index in [0.717, 1.165) is 0 Å². The highest BCUT2D eigenvalue weighted by molar-refractivity contribution is 7.80. The third kappa shape index (κ3) is 2.19. The maximum atomic E-state index is 11.6. The molecule has 0 radical (unpaired) electrons. The molecule has 1 aromatic heterocycles. The fourth-order valence-corrected chi connectivity index (χ4v) is 1.93. The van der Waals surface area contributed by atoms with Crippen molar-refractivity contribution in [2.45, 2.75) is 13.0 Å². The first-order chi connectivity index (χ1) is 8.11. The lowest BCUT2D eigenvalue weighted by molar-refractivity contribution is -0.122. The summed E-state index contributed by atoms with van der Waals surface area (Å²) < 4.78 is 0. The van der Waals surface area contributed by atoms with Crippen LogP contribution in [-0.2, 0) is 4.79 Å². The number of thiocarbonyl (C=S) groups is 1. The van der Waals surface area contributed by atoms with Crippen molar-refractivity contribution in [2.24, 2.45) is 5.73 Å². The number of aromatic nitrogens is 2. The first-order valence-corrected chi connectivity index (χ1v) is 5.67. The monoisotopic (exact) mass is 251 g/mol. The van der Waals surface area contributed by atoms with Crippen molar-refractivity contribution in [1.29, 1.82) is 0 Å². The number of rotatable bonds is 2. The van der Waals surface area contributed by atoms with Gasteiger partial charge in [0.1, 0.15) is 16.7 Å². The highest BCUT2D eigenvalue weighted by Gasteiger charge is 2.28. The molecule has 0 bridgehead atoms. The van der Waals surface area contributed by atoms with E-state index in [4.69, 9.17) is 18.0 Å². The van der Waals surface area contributed by atoms with Gasteiger partial charge in [0.05, 0.1) is 0 Å². The van der Waals surface area contributed by atoms with Gasteiger partial charge in [0.2, 0.25) is 5.91 Å². The summed E-state index contributed by atoms with van der Waals surface area (Å²) in [5, 5.41) is 2.79. The number of hydrogen-bond acceptors (Lipinski definition) is 5. The van der Waals surface area contributed by atoms with Crippen LogP contribution >= 0.6 is 12.2 Å². The van der Waals surface area contributed by atoms with E-state index in [1.807, 2.05) is 11.8 Å². The molecule has 1 aromatic rings. The Balaban J connectivity index is 2.39. The van der Waals surface area contributed by atoms with Gasteiger partial charge in [-0.2, -0.15) is 0 Å². The molecule has 0 aromatic carbocycles. The number of carbonyl (C=O) groups is 1. The molecule has 1 aliphatic heterocycles. The molecule has 1 amide bonds. The lowest BCUT2D eigenvalue weighted by Gasteiger charge is -2.34. The first-order valence-electron chi connectivity index (χ1n) is 5.26. The van der Waals surface area contributed by atoms with E-state index in [1.54, 1.807) is 6.20 Å². The molecule has 1 aliphatic rings. The first kappa shape index (κ1) is 11.7. The number of hydrogen-bond donors (Lipinski definition) is 2. The Hall–Kier alpha value is -1.76. The van der Waals surface area contributed by atoms with Gasteiger partial charge in [0.25, 0.3) is 0 Å². The summed E-state index contributed by atoms with van der Waals surface area (Å²) in [6, 6.07) is -0.298. The van der Waals surface area contributed by atoms with E-state index in [1.165, 1.54) is 6.20 Å². The zero-order valence-corrected chi connectivity index (χ0v) is 10.2. The van der Waals surface area contributed by atoms with Crippen molar-refractivity contribution in [1.82, 2.24) is 15.3 Å². The fraction of sp³-hybridized carbons (Fsp3) is 0.400. The number of piperazine rings is 1. The largest absolute Gasteiger partial charge is 0.388 e. The van der Waals surface area contributed by atoms with Crippen molar-refractivity contribution in [3.63, 3.8) is 0 Å². The van der Waals surface area contributed by atoms with Gasteiger partial charge in [-0.25, -0.2) is 9.97 Å². The van der Waals surface area contributed by atoms with Gasteiger partial charge in [0.15, 0.2) is 5.82 Å². The van der Waals surface area contributed by atoms with Crippen molar-refractivity contribution in [3.05, 3.63) is 18.1 Å². The molecular weight excluding hydrogens is 238 g/mol. The van der Waals surface area contributed by atoms with Crippen LogP contribution in [-0.4, -0.2) is 40.0 Å². The van der Waals surface area contributed by atoms with E-state index >= 15 is 0 Å². The Morgan fingerprint density at radius 3 is 3.00 bits per heavy atom. The number of nitrogens with zero attached hydrogens (tertiary/aromatic N) is 3. The maximum Gasteiger partial charge on any atom is 0.242 e. The number of anilines is 1. The van der Waals surface area contributed by atoms with Crippen LogP contribution in [0.15, 0.2) is 12.4 Å². The maximum absolute atomic E-state index is 11.6. The van der Waals surface area contributed by atoms with Crippen molar-refractivity contribution in [3.8, 4) is 0 Å².